The molecular formula is C15H22O4. The number of benzene rings is 1. The first kappa shape index (κ1) is 15.5. The fourth-order valence-corrected chi connectivity index (χ4v) is 1.99. The number of carbonyl (C=O) groups is 1. The van der Waals surface area contributed by atoms with Gasteiger partial charge in [0, 0.05) is 12.7 Å². The molecule has 1 rings (SSSR count). The topological polar surface area (TPSA) is 44.8 Å². The number of para-hydroxylation sites is 1. The zero-order chi connectivity index (χ0) is 14.3. The van der Waals surface area contributed by atoms with Crippen LogP contribution >= 0.6 is 0 Å². The second-order valence-electron chi connectivity index (χ2n) is 4.62. The summed E-state index contributed by atoms with van der Waals surface area (Å²) < 4.78 is 15.5. The molecule has 0 amide bonds. The molecule has 1 aromatic carbocycles. The average Bonchev–Trinajstić information content (AvgIpc) is 2.40. The average molecular weight is 266 g/mol. The third kappa shape index (κ3) is 4.24. The molecule has 1 unspecified atom stereocenters. The van der Waals surface area contributed by atoms with Gasteiger partial charge in [0.1, 0.15) is 12.4 Å². The molecule has 4 nitrogen and oxygen atoms in total. The molecule has 0 aromatic heterocycles. The highest BCUT2D eigenvalue weighted by atomic mass is 16.5. The number of rotatable bonds is 7. The Bertz CT molecular complexity index is 401. The summed E-state index contributed by atoms with van der Waals surface area (Å²) >= 11 is 0. The highest BCUT2D eigenvalue weighted by molar-refractivity contribution is 5.79. The Labute approximate surface area is 114 Å². The Morgan fingerprint density at radius 3 is 2.42 bits per heavy atom. The van der Waals surface area contributed by atoms with Crippen LogP contribution in [0.1, 0.15) is 25.3 Å². The van der Waals surface area contributed by atoms with E-state index in [1.807, 2.05) is 38.1 Å². The van der Waals surface area contributed by atoms with Crippen molar-refractivity contribution in [3.8, 4) is 5.75 Å². The van der Waals surface area contributed by atoms with Gasteiger partial charge >= 0.3 is 5.97 Å². The van der Waals surface area contributed by atoms with Crippen molar-refractivity contribution in [2.24, 2.45) is 5.92 Å². The van der Waals surface area contributed by atoms with Gasteiger partial charge < -0.3 is 14.2 Å². The predicted molar refractivity (Wildman–Crippen MR) is 73.4 cm³/mol. The van der Waals surface area contributed by atoms with Crippen LogP contribution in [0.2, 0.25) is 0 Å². The SMILES string of the molecule is COCCOc1ccccc1C(C(=O)OC)C(C)C. The van der Waals surface area contributed by atoms with Gasteiger partial charge in [0.05, 0.1) is 19.6 Å². The van der Waals surface area contributed by atoms with E-state index in [9.17, 15) is 4.79 Å². The molecule has 0 saturated heterocycles. The third-order valence-electron chi connectivity index (χ3n) is 2.92. The maximum atomic E-state index is 11.9. The molecule has 0 radical (unpaired) electrons. The minimum atomic E-state index is -0.316. The predicted octanol–water partition coefficient (Wildman–Crippen LogP) is 2.62. The first-order valence-electron chi connectivity index (χ1n) is 6.40. The summed E-state index contributed by atoms with van der Waals surface area (Å²) in [5.74, 6) is 0.296. The number of hydrogen-bond acceptors (Lipinski definition) is 4. The summed E-state index contributed by atoms with van der Waals surface area (Å²) in [4.78, 5) is 11.9. The van der Waals surface area contributed by atoms with Crippen LogP contribution in [0.5, 0.6) is 5.75 Å². The van der Waals surface area contributed by atoms with E-state index in [0.717, 1.165) is 5.56 Å². The van der Waals surface area contributed by atoms with Crippen LogP contribution in [0, 0.1) is 5.92 Å². The van der Waals surface area contributed by atoms with Crippen molar-refractivity contribution in [2.45, 2.75) is 19.8 Å². The number of ether oxygens (including phenoxy) is 3. The van der Waals surface area contributed by atoms with Crippen molar-refractivity contribution in [2.75, 3.05) is 27.4 Å². The Balaban J connectivity index is 2.98. The van der Waals surface area contributed by atoms with Gasteiger partial charge in [0.25, 0.3) is 0 Å². The van der Waals surface area contributed by atoms with Gasteiger partial charge in [-0.15, -0.1) is 0 Å². The molecule has 19 heavy (non-hydrogen) atoms. The smallest absolute Gasteiger partial charge is 0.313 e. The van der Waals surface area contributed by atoms with Crippen LogP contribution in [0.15, 0.2) is 24.3 Å². The summed E-state index contributed by atoms with van der Waals surface area (Å²) in [5.41, 5.74) is 0.862. The van der Waals surface area contributed by atoms with Crippen LogP contribution in [0.3, 0.4) is 0 Å². The van der Waals surface area contributed by atoms with Gasteiger partial charge in [0.2, 0.25) is 0 Å². The Morgan fingerprint density at radius 1 is 1.16 bits per heavy atom. The molecule has 0 aliphatic carbocycles. The van der Waals surface area contributed by atoms with Crippen molar-refractivity contribution in [1.29, 1.82) is 0 Å². The lowest BCUT2D eigenvalue weighted by Crippen LogP contribution is -2.20. The van der Waals surface area contributed by atoms with Gasteiger partial charge in [0.15, 0.2) is 0 Å². The minimum absolute atomic E-state index is 0.139. The molecule has 0 heterocycles. The van der Waals surface area contributed by atoms with Crippen LogP contribution < -0.4 is 4.74 Å². The Hall–Kier alpha value is -1.55. The van der Waals surface area contributed by atoms with E-state index in [1.54, 1.807) is 7.11 Å². The van der Waals surface area contributed by atoms with Crippen molar-refractivity contribution < 1.29 is 19.0 Å². The summed E-state index contributed by atoms with van der Waals surface area (Å²) in [5, 5.41) is 0. The van der Waals surface area contributed by atoms with E-state index in [4.69, 9.17) is 14.2 Å². The lowest BCUT2D eigenvalue weighted by molar-refractivity contribution is -0.143. The zero-order valence-corrected chi connectivity index (χ0v) is 12.0. The molecule has 0 fully saturated rings. The van der Waals surface area contributed by atoms with E-state index in [0.29, 0.717) is 19.0 Å². The molecule has 106 valence electrons. The molecule has 0 bridgehead atoms. The van der Waals surface area contributed by atoms with Crippen LogP contribution in [-0.2, 0) is 14.3 Å². The van der Waals surface area contributed by atoms with E-state index >= 15 is 0 Å². The normalized spacial score (nSPS) is 12.3. The van der Waals surface area contributed by atoms with Gasteiger partial charge in [-0.3, -0.25) is 4.79 Å². The summed E-state index contributed by atoms with van der Waals surface area (Å²) in [6.07, 6.45) is 0. The number of carbonyl (C=O) groups excluding carboxylic acids is 1. The molecule has 4 heteroatoms. The van der Waals surface area contributed by atoms with Gasteiger partial charge in [-0.25, -0.2) is 0 Å². The summed E-state index contributed by atoms with van der Waals surface area (Å²) in [7, 11) is 3.03. The van der Waals surface area contributed by atoms with E-state index in [2.05, 4.69) is 0 Å². The van der Waals surface area contributed by atoms with Crippen LogP contribution in [0.25, 0.3) is 0 Å². The molecule has 0 spiro atoms. The van der Waals surface area contributed by atoms with Crippen molar-refractivity contribution in [3.63, 3.8) is 0 Å². The quantitative estimate of drug-likeness (QED) is 0.562. The summed E-state index contributed by atoms with van der Waals surface area (Å²) in [6, 6.07) is 7.56. The van der Waals surface area contributed by atoms with Crippen molar-refractivity contribution >= 4 is 5.97 Å². The first-order chi connectivity index (χ1) is 9.11. The zero-order valence-electron chi connectivity index (χ0n) is 12.0. The van der Waals surface area contributed by atoms with E-state index in [1.165, 1.54) is 7.11 Å². The molecule has 0 saturated carbocycles. The second-order valence-corrected chi connectivity index (χ2v) is 4.62. The fraction of sp³-hybridized carbons (Fsp3) is 0.533. The fourth-order valence-electron chi connectivity index (χ4n) is 1.99. The molecule has 0 aliphatic rings. The van der Waals surface area contributed by atoms with E-state index in [-0.39, 0.29) is 17.8 Å². The standard InChI is InChI=1S/C15H22O4/c1-11(2)14(15(16)18-4)12-7-5-6-8-13(12)19-10-9-17-3/h5-8,11,14H,9-10H2,1-4H3. The molecule has 1 atom stereocenters. The summed E-state index contributed by atoms with van der Waals surface area (Å²) in [6.45, 7) is 4.96. The van der Waals surface area contributed by atoms with Crippen molar-refractivity contribution in [1.82, 2.24) is 0 Å². The van der Waals surface area contributed by atoms with Gasteiger partial charge in [-0.2, -0.15) is 0 Å². The third-order valence-corrected chi connectivity index (χ3v) is 2.92. The number of methoxy groups -OCH3 is 2. The lowest BCUT2D eigenvalue weighted by atomic mass is 9.88. The maximum absolute atomic E-state index is 11.9. The second kappa shape index (κ2) is 7.79. The number of hydrogen-bond donors (Lipinski definition) is 0. The highest BCUT2D eigenvalue weighted by Gasteiger charge is 2.27. The lowest BCUT2D eigenvalue weighted by Gasteiger charge is -2.21. The Morgan fingerprint density at radius 2 is 1.84 bits per heavy atom. The van der Waals surface area contributed by atoms with E-state index < -0.39 is 0 Å². The Kier molecular flexibility index (Phi) is 6.36. The molecule has 0 N–H and O–H groups in total. The van der Waals surface area contributed by atoms with Crippen molar-refractivity contribution in [3.05, 3.63) is 29.8 Å². The van der Waals surface area contributed by atoms with Crippen LogP contribution in [0.4, 0.5) is 0 Å². The molecule has 0 aliphatic heterocycles. The molecular weight excluding hydrogens is 244 g/mol. The first-order valence-corrected chi connectivity index (χ1v) is 6.40. The maximum Gasteiger partial charge on any atom is 0.313 e. The van der Waals surface area contributed by atoms with Crippen LogP contribution in [-0.4, -0.2) is 33.4 Å². The monoisotopic (exact) mass is 266 g/mol. The largest absolute Gasteiger partial charge is 0.491 e. The number of esters is 1. The van der Waals surface area contributed by atoms with Gasteiger partial charge in [-0.1, -0.05) is 32.0 Å². The highest BCUT2D eigenvalue weighted by Crippen LogP contribution is 2.32. The molecule has 1 aromatic rings. The minimum Gasteiger partial charge on any atom is -0.491 e. The van der Waals surface area contributed by atoms with Gasteiger partial charge in [-0.05, 0) is 12.0 Å².